The average molecular weight is 802 g/mol. The number of nitrogens with zero attached hydrogens (tertiary/aromatic N) is 3. The number of carboxylic acids is 2. The summed E-state index contributed by atoms with van der Waals surface area (Å²) in [6.07, 6.45) is 16.0. The second kappa shape index (κ2) is 33.0. The van der Waals surface area contributed by atoms with Crippen molar-refractivity contribution in [3.05, 3.63) is 29.3 Å². The van der Waals surface area contributed by atoms with Gasteiger partial charge in [-0.2, -0.15) is 0 Å². The molecule has 326 valence electrons. The maximum Gasteiger partial charge on any atom is 0.124 e. The molecule has 1 aromatic carbocycles. The van der Waals surface area contributed by atoms with E-state index in [2.05, 4.69) is 83.1 Å². The van der Waals surface area contributed by atoms with Crippen molar-refractivity contribution in [1.29, 1.82) is 0 Å². The number of rotatable bonds is 27. The lowest BCUT2D eigenvalue weighted by Crippen LogP contribution is -2.50. The smallest absolute Gasteiger partial charge is 0.124 e. The maximum absolute atomic E-state index is 10.6. The van der Waals surface area contributed by atoms with Crippen molar-refractivity contribution in [2.24, 2.45) is 0 Å². The van der Waals surface area contributed by atoms with E-state index in [0.29, 0.717) is 18.2 Å². The Morgan fingerprint density at radius 3 is 0.673 bits per heavy atom. The predicted molar refractivity (Wildman–Crippen MR) is 226 cm³/mol. The molecule has 0 aliphatic heterocycles. The molecule has 0 N–H and O–H groups in total. The van der Waals surface area contributed by atoms with Gasteiger partial charge in [0.1, 0.15) is 10.1 Å². The summed E-state index contributed by atoms with van der Waals surface area (Å²) >= 11 is 0. The van der Waals surface area contributed by atoms with Gasteiger partial charge < -0.3 is 37.8 Å². The van der Waals surface area contributed by atoms with E-state index in [1.165, 1.54) is 169 Å². The van der Waals surface area contributed by atoms with Crippen LogP contribution in [0.2, 0.25) is 0 Å². The number of benzene rings is 1. The molecule has 0 saturated carbocycles. The Bertz CT molecular complexity index is 1040. The minimum absolute atomic E-state index is 0.518. The van der Waals surface area contributed by atoms with Crippen molar-refractivity contribution < 1.29 is 46.2 Å². The Hall–Kier alpha value is -2.05. The van der Waals surface area contributed by atoms with Gasteiger partial charge in [-0.1, -0.05) is 83.1 Å². The highest BCUT2D eigenvalue weighted by atomic mass is 32.2. The molecule has 0 aliphatic rings. The summed E-state index contributed by atoms with van der Waals surface area (Å²) in [7, 11) is -4.95. The summed E-state index contributed by atoms with van der Waals surface area (Å²) in [5, 5.41) is 20.9. The molecular formula is C44H87N3O7S. The summed E-state index contributed by atoms with van der Waals surface area (Å²) in [6.45, 7) is 44.4. The minimum atomic E-state index is -4.95. The Labute approximate surface area is 340 Å². The van der Waals surface area contributed by atoms with E-state index in [1.807, 2.05) is 0 Å². The monoisotopic (exact) mass is 802 g/mol. The van der Waals surface area contributed by atoms with Crippen LogP contribution < -0.4 is 10.2 Å². The molecule has 0 spiro atoms. The predicted octanol–water partition coefficient (Wildman–Crippen LogP) is 7.65. The first-order chi connectivity index (χ1) is 25.9. The van der Waals surface area contributed by atoms with Gasteiger partial charge in [0.05, 0.1) is 95.4 Å². The first kappa shape index (κ1) is 57.3. The maximum atomic E-state index is 10.6. The molecule has 0 aromatic heterocycles. The Morgan fingerprint density at radius 1 is 0.400 bits per heavy atom. The van der Waals surface area contributed by atoms with Gasteiger partial charge >= 0.3 is 0 Å². The van der Waals surface area contributed by atoms with Crippen LogP contribution in [0, 0.1) is 0 Å². The van der Waals surface area contributed by atoms with Crippen LogP contribution in [0.5, 0.6) is 0 Å². The molecule has 0 bridgehead atoms. The lowest BCUT2D eigenvalue weighted by atomic mass is 10.1. The molecule has 0 fully saturated rings. The fourth-order valence-corrected chi connectivity index (χ4v) is 9.23. The van der Waals surface area contributed by atoms with Gasteiger partial charge in [-0.25, -0.2) is 8.42 Å². The van der Waals surface area contributed by atoms with Crippen LogP contribution in [0.25, 0.3) is 0 Å². The molecule has 0 amide bonds. The van der Waals surface area contributed by atoms with E-state index >= 15 is 0 Å². The Morgan fingerprint density at radius 2 is 0.564 bits per heavy atom. The quantitative estimate of drug-likeness (QED) is 0.0659. The number of aromatic carboxylic acids is 2. The Kier molecular flexibility index (Phi) is 34.3. The molecule has 0 aliphatic carbocycles. The number of carboxylic acid groups (broad SMARTS) is 2. The van der Waals surface area contributed by atoms with E-state index in [4.69, 9.17) is 0 Å². The summed E-state index contributed by atoms with van der Waals surface area (Å²) in [5.41, 5.74) is -1.45. The van der Waals surface area contributed by atoms with Crippen LogP contribution in [0.4, 0.5) is 0 Å². The molecule has 11 heteroatoms. The van der Waals surface area contributed by atoms with Crippen LogP contribution in [-0.4, -0.2) is 117 Å². The first-order valence-corrected chi connectivity index (χ1v) is 23.4. The highest BCUT2D eigenvalue weighted by molar-refractivity contribution is 7.85. The van der Waals surface area contributed by atoms with E-state index < -0.39 is 38.1 Å². The second-order valence-electron chi connectivity index (χ2n) is 15.5. The summed E-state index contributed by atoms with van der Waals surface area (Å²) < 4.78 is 35.9. The molecular weight excluding hydrogens is 715 g/mol. The second-order valence-corrected chi connectivity index (χ2v) is 16.9. The van der Waals surface area contributed by atoms with Crippen molar-refractivity contribution in [3.8, 4) is 0 Å². The highest BCUT2D eigenvalue weighted by Gasteiger charge is 2.24. The van der Waals surface area contributed by atoms with E-state index in [-0.39, 0.29) is 0 Å². The van der Waals surface area contributed by atoms with E-state index in [1.54, 1.807) is 0 Å². The van der Waals surface area contributed by atoms with Gasteiger partial charge in [0.2, 0.25) is 0 Å². The average Bonchev–Trinajstić information content (AvgIpc) is 3.10. The van der Waals surface area contributed by atoms with Crippen molar-refractivity contribution in [2.75, 3.05) is 78.5 Å². The van der Waals surface area contributed by atoms with Crippen molar-refractivity contribution >= 4 is 22.1 Å². The molecule has 0 saturated heterocycles. The standard InChI is InChI=1S/3C12H28N.C8H6O7S/c3*1-5-9-13(10-6-2,11-7-3)12-8-4;9-7(10)4-1-5(8(11)12)3-6(2-4)16(13,14)15/h3*5-12H2,1-4H3;1-3H,(H,9,10)(H,11,12)(H,13,14,15)/q3*+1;/p-3. The topological polar surface area (TPSA) is 137 Å². The SMILES string of the molecule is CCC[N+](CCC)(CCC)CCC.CCC[N+](CCC)(CCC)CCC.CCC[N+](CCC)(CCC)CCC.O=C([O-])c1cc(C(=O)[O-])cc(S(=O)(=O)[O-])c1. The van der Waals surface area contributed by atoms with Crippen molar-refractivity contribution in [2.45, 2.75) is 165 Å². The summed E-state index contributed by atoms with van der Waals surface area (Å²) in [5.74, 6) is -3.60. The molecule has 10 nitrogen and oxygen atoms in total. The van der Waals surface area contributed by atoms with Crippen LogP contribution in [0.3, 0.4) is 0 Å². The van der Waals surface area contributed by atoms with Gasteiger partial charge in [0.25, 0.3) is 0 Å². The molecule has 0 atom stereocenters. The molecule has 0 radical (unpaired) electrons. The lowest BCUT2D eigenvalue weighted by Gasteiger charge is -2.38. The zero-order valence-electron chi connectivity index (χ0n) is 37.8. The normalized spacial score (nSPS) is 11.7. The van der Waals surface area contributed by atoms with E-state index in [0.717, 1.165) is 0 Å². The minimum Gasteiger partial charge on any atom is -0.744 e. The van der Waals surface area contributed by atoms with Crippen molar-refractivity contribution in [3.63, 3.8) is 0 Å². The van der Waals surface area contributed by atoms with Crippen LogP contribution in [-0.2, 0) is 10.1 Å². The van der Waals surface area contributed by atoms with E-state index in [9.17, 15) is 32.8 Å². The zero-order valence-corrected chi connectivity index (χ0v) is 38.6. The lowest BCUT2D eigenvalue weighted by molar-refractivity contribution is -0.928. The largest absolute Gasteiger partial charge is 0.744 e. The van der Waals surface area contributed by atoms with Crippen LogP contribution in [0.1, 0.15) is 181 Å². The first-order valence-electron chi connectivity index (χ1n) is 22.0. The van der Waals surface area contributed by atoms with Crippen LogP contribution in [0.15, 0.2) is 23.1 Å². The molecule has 0 unspecified atom stereocenters. The third kappa shape index (κ3) is 25.0. The van der Waals surface area contributed by atoms with Gasteiger partial charge in [-0.3, -0.25) is 0 Å². The van der Waals surface area contributed by atoms with Gasteiger partial charge in [-0.15, -0.1) is 0 Å². The van der Waals surface area contributed by atoms with Gasteiger partial charge in [0.15, 0.2) is 0 Å². The number of quaternary nitrogens is 3. The fourth-order valence-electron chi connectivity index (χ4n) is 8.68. The number of hydrogen-bond acceptors (Lipinski definition) is 7. The summed E-state index contributed by atoms with van der Waals surface area (Å²) in [4.78, 5) is 19.9. The molecule has 55 heavy (non-hydrogen) atoms. The third-order valence-electron chi connectivity index (χ3n) is 10.0. The molecule has 1 rings (SSSR count). The molecule has 0 heterocycles. The van der Waals surface area contributed by atoms with Crippen LogP contribution >= 0.6 is 0 Å². The number of carbonyl (C=O) groups excluding carboxylic acids is 2. The Balaban J connectivity index is -0.000000659. The molecule has 1 aromatic rings. The van der Waals surface area contributed by atoms with Gasteiger partial charge in [-0.05, 0) is 106 Å². The van der Waals surface area contributed by atoms with Gasteiger partial charge in [0, 0.05) is 0 Å². The third-order valence-corrected chi connectivity index (χ3v) is 10.9. The summed E-state index contributed by atoms with van der Waals surface area (Å²) in [6, 6.07) is 1.67. The number of hydrogen-bond donors (Lipinski definition) is 0. The zero-order chi connectivity index (χ0) is 43.0. The number of carbonyl (C=O) groups is 2. The fraction of sp³-hybridized carbons (Fsp3) is 0.818. The highest BCUT2D eigenvalue weighted by Crippen LogP contribution is 2.16. The van der Waals surface area contributed by atoms with Crippen molar-refractivity contribution in [1.82, 2.24) is 0 Å².